The summed E-state index contributed by atoms with van der Waals surface area (Å²) in [6, 6.07) is -4.40. The summed E-state index contributed by atoms with van der Waals surface area (Å²) in [5.74, 6) is -4.79. The lowest BCUT2D eigenvalue weighted by molar-refractivity contribution is -0.143. The van der Waals surface area contributed by atoms with E-state index in [2.05, 4.69) is 16.0 Å². The van der Waals surface area contributed by atoms with E-state index in [9.17, 15) is 29.1 Å². The molecule has 3 amide bonds. The van der Waals surface area contributed by atoms with Crippen molar-refractivity contribution in [3.05, 3.63) is 0 Å². The summed E-state index contributed by atoms with van der Waals surface area (Å²) in [6.45, 7) is 4.42. The maximum Gasteiger partial charge on any atom is 0.326 e. The minimum absolute atomic E-state index is 0.130. The lowest BCUT2D eigenvalue weighted by atomic mass is 9.96. The molecule has 0 aromatic carbocycles. The summed E-state index contributed by atoms with van der Waals surface area (Å²) < 4.78 is 0. The number of nitrogens with two attached hydrogens (primary N) is 3. The van der Waals surface area contributed by atoms with Gasteiger partial charge < -0.3 is 43.4 Å². The van der Waals surface area contributed by atoms with E-state index in [1.165, 1.54) is 0 Å². The molecule has 0 aromatic rings. The third-order valence-corrected chi connectivity index (χ3v) is 5.94. The molecule has 0 aliphatic carbocycles. The molecule has 13 nitrogen and oxygen atoms in total. The Morgan fingerprint density at radius 2 is 1.31 bits per heavy atom. The first-order valence-electron chi connectivity index (χ1n) is 12.5. The van der Waals surface area contributed by atoms with E-state index in [-0.39, 0.29) is 18.8 Å². The van der Waals surface area contributed by atoms with Gasteiger partial charge in [0.2, 0.25) is 17.7 Å². The van der Waals surface area contributed by atoms with E-state index >= 15 is 0 Å². The van der Waals surface area contributed by atoms with Crippen molar-refractivity contribution in [2.45, 2.75) is 95.8 Å². The third kappa shape index (κ3) is 13.4. The summed E-state index contributed by atoms with van der Waals surface area (Å²) in [7, 11) is 0. The van der Waals surface area contributed by atoms with Crippen LogP contribution in [0.4, 0.5) is 0 Å². The van der Waals surface area contributed by atoms with Gasteiger partial charge in [0.15, 0.2) is 0 Å². The highest BCUT2D eigenvalue weighted by atomic mass is 16.4. The van der Waals surface area contributed by atoms with Gasteiger partial charge in [-0.05, 0) is 57.5 Å². The fourth-order valence-electron chi connectivity index (χ4n) is 3.42. The second-order valence-corrected chi connectivity index (χ2v) is 8.94. The third-order valence-electron chi connectivity index (χ3n) is 5.94. The Labute approximate surface area is 212 Å². The quantitative estimate of drug-likeness (QED) is 0.0919. The highest BCUT2D eigenvalue weighted by Gasteiger charge is 2.32. The monoisotopic (exact) mass is 516 g/mol. The molecular formula is C23H44N6O7. The van der Waals surface area contributed by atoms with Crippen molar-refractivity contribution in [1.82, 2.24) is 16.0 Å². The van der Waals surface area contributed by atoms with Gasteiger partial charge in [0.1, 0.15) is 18.1 Å². The minimum Gasteiger partial charge on any atom is -0.481 e. The molecule has 0 rings (SSSR count). The van der Waals surface area contributed by atoms with Crippen LogP contribution < -0.4 is 33.2 Å². The van der Waals surface area contributed by atoms with Crippen molar-refractivity contribution in [1.29, 1.82) is 0 Å². The average molecular weight is 517 g/mol. The standard InChI is InChI=1S/C23H44N6O7/c1-3-14(2)19(29-20(32)15(26)8-4-6-12-24)22(34)27-16(10-11-18(30)31)21(33)28-17(23(35)36)9-5-7-13-25/h14-17,19H,3-13,24-26H2,1-2H3,(H,27,34)(H,28,33)(H,29,32)(H,30,31)(H,35,36). The van der Waals surface area contributed by atoms with Crippen molar-refractivity contribution in [3.63, 3.8) is 0 Å². The lowest BCUT2D eigenvalue weighted by Gasteiger charge is -2.28. The van der Waals surface area contributed by atoms with Gasteiger partial charge in [0, 0.05) is 6.42 Å². The van der Waals surface area contributed by atoms with Crippen LogP contribution in [0.5, 0.6) is 0 Å². The number of unbranched alkanes of at least 4 members (excludes halogenated alkanes) is 2. The van der Waals surface area contributed by atoms with Gasteiger partial charge in [-0.1, -0.05) is 26.7 Å². The number of carboxylic acid groups (broad SMARTS) is 2. The van der Waals surface area contributed by atoms with Gasteiger partial charge in [0.25, 0.3) is 0 Å². The Bertz CT molecular complexity index is 721. The Hall–Kier alpha value is -2.77. The molecule has 0 aliphatic rings. The van der Waals surface area contributed by atoms with Crippen LogP contribution >= 0.6 is 0 Å². The zero-order valence-corrected chi connectivity index (χ0v) is 21.3. The largest absolute Gasteiger partial charge is 0.481 e. The highest BCUT2D eigenvalue weighted by Crippen LogP contribution is 2.11. The first kappa shape index (κ1) is 33.2. The van der Waals surface area contributed by atoms with Crippen LogP contribution in [0.1, 0.15) is 71.6 Å². The average Bonchev–Trinajstić information content (AvgIpc) is 2.83. The topological polar surface area (TPSA) is 240 Å². The lowest BCUT2D eigenvalue weighted by Crippen LogP contribution is -2.58. The van der Waals surface area contributed by atoms with E-state index < -0.39 is 60.2 Å². The fraction of sp³-hybridized carbons (Fsp3) is 0.783. The molecule has 13 heteroatoms. The van der Waals surface area contributed by atoms with Crippen LogP contribution in [-0.4, -0.2) is 77.1 Å². The molecule has 0 fully saturated rings. The summed E-state index contributed by atoms with van der Waals surface area (Å²) in [5, 5.41) is 26.0. The maximum atomic E-state index is 13.1. The minimum atomic E-state index is -1.31. The van der Waals surface area contributed by atoms with Crippen molar-refractivity contribution in [2.75, 3.05) is 13.1 Å². The summed E-state index contributed by atoms with van der Waals surface area (Å²) in [5.41, 5.74) is 16.8. The summed E-state index contributed by atoms with van der Waals surface area (Å²) in [6.07, 6.45) is 2.75. The molecule has 0 bridgehead atoms. The Morgan fingerprint density at radius 3 is 1.81 bits per heavy atom. The predicted molar refractivity (Wildman–Crippen MR) is 134 cm³/mol. The number of amides is 3. The number of hydrogen-bond acceptors (Lipinski definition) is 8. The molecule has 0 saturated heterocycles. The van der Waals surface area contributed by atoms with Crippen LogP contribution in [0.2, 0.25) is 0 Å². The molecule has 0 saturated carbocycles. The smallest absolute Gasteiger partial charge is 0.326 e. The van der Waals surface area contributed by atoms with E-state index in [1.807, 2.05) is 6.92 Å². The Morgan fingerprint density at radius 1 is 0.750 bits per heavy atom. The molecule has 0 spiro atoms. The van der Waals surface area contributed by atoms with Crippen molar-refractivity contribution in [3.8, 4) is 0 Å². The van der Waals surface area contributed by atoms with Crippen molar-refractivity contribution in [2.24, 2.45) is 23.1 Å². The second-order valence-electron chi connectivity index (χ2n) is 8.94. The number of aliphatic carboxylic acids is 2. The Balaban J connectivity index is 5.51. The van der Waals surface area contributed by atoms with Gasteiger partial charge in [-0.15, -0.1) is 0 Å². The predicted octanol–water partition coefficient (Wildman–Crippen LogP) is -0.978. The van der Waals surface area contributed by atoms with Crippen LogP contribution in [0.3, 0.4) is 0 Å². The molecular weight excluding hydrogens is 472 g/mol. The zero-order valence-electron chi connectivity index (χ0n) is 21.3. The van der Waals surface area contributed by atoms with Gasteiger partial charge in [0.05, 0.1) is 6.04 Å². The van der Waals surface area contributed by atoms with Crippen molar-refractivity contribution < 1.29 is 34.2 Å². The van der Waals surface area contributed by atoms with Crippen molar-refractivity contribution >= 4 is 29.7 Å². The molecule has 0 aliphatic heterocycles. The van der Waals surface area contributed by atoms with Gasteiger partial charge >= 0.3 is 11.9 Å². The van der Waals surface area contributed by atoms with E-state index in [1.54, 1.807) is 6.92 Å². The number of rotatable bonds is 20. The van der Waals surface area contributed by atoms with E-state index in [0.29, 0.717) is 51.6 Å². The fourth-order valence-corrected chi connectivity index (χ4v) is 3.42. The molecule has 5 unspecified atom stereocenters. The molecule has 0 heterocycles. The first-order valence-corrected chi connectivity index (χ1v) is 12.5. The number of carboxylic acids is 2. The molecule has 208 valence electrons. The number of carbonyl (C=O) groups is 5. The van der Waals surface area contributed by atoms with Crippen LogP contribution in [-0.2, 0) is 24.0 Å². The summed E-state index contributed by atoms with van der Waals surface area (Å²) in [4.78, 5) is 61.2. The van der Waals surface area contributed by atoms with E-state index in [0.717, 1.165) is 0 Å². The molecule has 36 heavy (non-hydrogen) atoms. The van der Waals surface area contributed by atoms with Gasteiger partial charge in [-0.3, -0.25) is 19.2 Å². The van der Waals surface area contributed by atoms with Gasteiger partial charge in [-0.2, -0.15) is 0 Å². The molecule has 0 radical (unpaired) electrons. The number of nitrogens with one attached hydrogen (secondary N) is 3. The SMILES string of the molecule is CCC(C)C(NC(=O)C(N)CCCCN)C(=O)NC(CCC(=O)O)C(=O)NC(CCCCN)C(=O)O. The molecule has 5 atom stereocenters. The normalized spacial score (nSPS) is 15.1. The molecule has 11 N–H and O–H groups in total. The zero-order chi connectivity index (χ0) is 27.7. The van der Waals surface area contributed by atoms with Gasteiger partial charge in [-0.25, -0.2) is 4.79 Å². The number of hydrogen-bond donors (Lipinski definition) is 8. The summed E-state index contributed by atoms with van der Waals surface area (Å²) >= 11 is 0. The van der Waals surface area contributed by atoms with Crippen LogP contribution in [0.15, 0.2) is 0 Å². The molecule has 0 aromatic heterocycles. The maximum absolute atomic E-state index is 13.1. The highest BCUT2D eigenvalue weighted by molar-refractivity contribution is 5.94. The van der Waals surface area contributed by atoms with Crippen LogP contribution in [0, 0.1) is 5.92 Å². The second kappa shape index (κ2) is 18.5. The van der Waals surface area contributed by atoms with Crippen LogP contribution in [0.25, 0.3) is 0 Å². The first-order chi connectivity index (χ1) is 17.0. The Kier molecular flexibility index (Phi) is 17.1. The number of carbonyl (C=O) groups excluding carboxylic acids is 3. The van der Waals surface area contributed by atoms with E-state index in [4.69, 9.17) is 22.3 Å².